The predicted molar refractivity (Wildman–Crippen MR) is 39.8 cm³/mol. The van der Waals surface area contributed by atoms with Gasteiger partial charge in [-0.15, -0.1) is 0 Å². The van der Waals surface area contributed by atoms with Gasteiger partial charge in [-0.2, -0.15) is 0 Å². The summed E-state index contributed by atoms with van der Waals surface area (Å²) in [7, 11) is 0. The third-order valence-corrected chi connectivity index (χ3v) is 1.28. The second-order valence-electron chi connectivity index (χ2n) is 2.03. The molecule has 4 nitrogen and oxygen atoms in total. The van der Waals surface area contributed by atoms with Crippen molar-refractivity contribution in [2.75, 3.05) is 0 Å². The zero-order chi connectivity index (χ0) is 8.27. The molecule has 0 saturated carbocycles. The predicted octanol–water partition coefficient (Wildman–Crippen LogP) is 0.854. The van der Waals surface area contributed by atoms with Crippen LogP contribution in [0.5, 0.6) is 0 Å². The van der Waals surface area contributed by atoms with E-state index in [4.69, 9.17) is 5.73 Å². The van der Waals surface area contributed by atoms with Gasteiger partial charge in [0.25, 0.3) is 5.69 Å². The average molecular weight is 151 g/mol. The molecular weight excluding hydrogens is 144 g/mol. The van der Waals surface area contributed by atoms with E-state index >= 15 is 0 Å². The number of nitrogens with zero attached hydrogens (tertiary/aromatic N) is 1. The van der Waals surface area contributed by atoms with Gasteiger partial charge in [0.2, 0.25) is 0 Å². The molecule has 11 heavy (non-hydrogen) atoms. The standard InChI is InChI=1S/C7H7N2O2/c8-5-6-2-1-3-7(4-6)9(10)11/h1,3-4H,5,8H2. The van der Waals surface area contributed by atoms with Gasteiger partial charge in [0.05, 0.1) is 4.92 Å². The molecular formula is C7H7N2O2. The van der Waals surface area contributed by atoms with E-state index in [1.807, 2.05) is 0 Å². The number of benzene rings is 1. The lowest BCUT2D eigenvalue weighted by Crippen LogP contribution is -1.97. The number of rotatable bonds is 2. The third kappa shape index (κ3) is 1.75. The zero-order valence-corrected chi connectivity index (χ0v) is 5.78. The maximum atomic E-state index is 10.2. The van der Waals surface area contributed by atoms with Crippen molar-refractivity contribution in [1.82, 2.24) is 0 Å². The van der Waals surface area contributed by atoms with Crippen molar-refractivity contribution < 1.29 is 4.92 Å². The first-order valence-electron chi connectivity index (χ1n) is 3.09. The molecule has 4 heteroatoms. The van der Waals surface area contributed by atoms with Crippen LogP contribution in [0.2, 0.25) is 0 Å². The highest BCUT2D eigenvalue weighted by atomic mass is 16.6. The highest BCUT2D eigenvalue weighted by Gasteiger charge is 2.03. The van der Waals surface area contributed by atoms with Crippen LogP contribution in [0.25, 0.3) is 0 Å². The summed E-state index contributed by atoms with van der Waals surface area (Å²) in [5.41, 5.74) is 5.98. The SMILES string of the molecule is NCc1[c]ccc([N+](=O)[O-])c1. The van der Waals surface area contributed by atoms with Crippen molar-refractivity contribution in [2.24, 2.45) is 5.73 Å². The van der Waals surface area contributed by atoms with Gasteiger partial charge in [-0.25, -0.2) is 0 Å². The van der Waals surface area contributed by atoms with Crippen molar-refractivity contribution in [3.05, 3.63) is 39.9 Å². The first-order chi connectivity index (χ1) is 5.24. The smallest absolute Gasteiger partial charge is 0.269 e. The summed E-state index contributed by atoms with van der Waals surface area (Å²) < 4.78 is 0. The molecule has 0 atom stereocenters. The highest BCUT2D eigenvalue weighted by Crippen LogP contribution is 2.11. The van der Waals surface area contributed by atoms with Gasteiger partial charge in [-0.1, -0.05) is 0 Å². The molecule has 0 fully saturated rings. The van der Waals surface area contributed by atoms with E-state index in [1.54, 1.807) is 0 Å². The lowest BCUT2D eigenvalue weighted by atomic mass is 10.2. The summed E-state index contributed by atoms with van der Waals surface area (Å²) in [6, 6.07) is 7.09. The van der Waals surface area contributed by atoms with Gasteiger partial charge in [-0.3, -0.25) is 10.1 Å². The van der Waals surface area contributed by atoms with Crippen LogP contribution >= 0.6 is 0 Å². The summed E-state index contributed by atoms with van der Waals surface area (Å²) >= 11 is 0. The number of nitro benzene ring substituents is 1. The lowest BCUT2D eigenvalue weighted by molar-refractivity contribution is -0.384. The fraction of sp³-hybridized carbons (Fsp3) is 0.143. The summed E-state index contributed by atoms with van der Waals surface area (Å²) in [6.45, 7) is 0.279. The maximum Gasteiger partial charge on any atom is 0.269 e. The minimum atomic E-state index is -0.451. The Bertz CT molecular complexity index is 273. The van der Waals surface area contributed by atoms with Gasteiger partial charge < -0.3 is 5.73 Å². The van der Waals surface area contributed by atoms with E-state index in [0.717, 1.165) is 0 Å². The van der Waals surface area contributed by atoms with Gasteiger partial charge >= 0.3 is 0 Å². The Labute approximate surface area is 63.8 Å². The Hall–Kier alpha value is -1.42. The van der Waals surface area contributed by atoms with Crippen LogP contribution in [-0.2, 0) is 6.54 Å². The molecule has 0 unspecified atom stereocenters. The molecule has 1 aromatic carbocycles. The summed E-state index contributed by atoms with van der Waals surface area (Å²) in [5.74, 6) is 0. The second kappa shape index (κ2) is 3.12. The summed E-state index contributed by atoms with van der Waals surface area (Å²) in [6.07, 6.45) is 0. The number of non-ortho nitro benzene ring substituents is 1. The van der Waals surface area contributed by atoms with Crippen molar-refractivity contribution in [3.63, 3.8) is 0 Å². The van der Waals surface area contributed by atoms with Crippen LogP contribution in [-0.4, -0.2) is 4.92 Å². The fourth-order valence-electron chi connectivity index (χ4n) is 0.734. The van der Waals surface area contributed by atoms with E-state index in [2.05, 4.69) is 6.07 Å². The Morgan fingerprint density at radius 1 is 1.73 bits per heavy atom. The molecule has 0 aliphatic carbocycles. The van der Waals surface area contributed by atoms with Crippen LogP contribution in [0.4, 0.5) is 5.69 Å². The molecule has 2 N–H and O–H groups in total. The molecule has 0 aliphatic heterocycles. The average Bonchev–Trinajstić information content (AvgIpc) is 2.05. The topological polar surface area (TPSA) is 69.2 Å². The molecule has 0 aliphatic rings. The third-order valence-electron chi connectivity index (χ3n) is 1.28. The summed E-state index contributed by atoms with van der Waals surface area (Å²) in [5, 5.41) is 10.2. The molecule has 0 saturated heterocycles. The number of nitrogens with two attached hydrogens (primary N) is 1. The van der Waals surface area contributed by atoms with Crippen LogP contribution in [0.3, 0.4) is 0 Å². The monoisotopic (exact) mass is 151 g/mol. The van der Waals surface area contributed by atoms with E-state index in [9.17, 15) is 10.1 Å². The first kappa shape index (κ1) is 7.68. The normalized spacial score (nSPS) is 9.55. The number of hydrogen-bond acceptors (Lipinski definition) is 3. The minimum Gasteiger partial charge on any atom is -0.326 e. The van der Waals surface area contributed by atoms with Crippen molar-refractivity contribution in [1.29, 1.82) is 0 Å². The number of hydrogen-bond donors (Lipinski definition) is 1. The Kier molecular flexibility index (Phi) is 2.18. The molecule has 0 amide bonds. The lowest BCUT2D eigenvalue weighted by Gasteiger charge is -1.93. The second-order valence-corrected chi connectivity index (χ2v) is 2.03. The molecule has 0 heterocycles. The van der Waals surface area contributed by atoms with E-state index < -0.39 is 4.92 Å². The van der Waals surface area contributed by atoms with E-state index in [1.165, 1.54) is 18.2 Å². The molecule has 0 spiro atoms. The first-order valence-corrected chi connectivity index (χ1v) is 3.09. The largest absolute Gasteiger partial charge is 0.326 e. The van der Waals surface area contributed by atoms with Crippen molar-refractivity contribution in [2.45, 2.75) is 6.54 Å². The van der Waals surface area contributed by atoms with Crippen molar-refractivity contribution in [3.8, 4) is 0 Å². The number of nitro groups is 1. The Morgan fingerprint density at radius 3 is 3.00 bits per heavy atom. The van der Waals surface area contributed by atoms with Crippen LogP contribution < -0.4 is 5.73 Å². The Balaban J connectivity index is 3.01. The van der Waals surface area contributed by atoms with Gasteiger partial charge in [0.1, 0.15) is 0 Å². The van der Waals surface area contributed by atoms with Gasteiger partial charge in [-0.05, 0) is 17.7 Å². The quantitative estimate of drug-likeness (QED) is 0.503. The molecule has 0 aromatic heterocycles. The zero-order valence-electron chi connectivity index (χ0n) is 5.78. The van der Waals surface area contributed by atoms with Gasteiger partial charge in [0.15, 0.2) is 0 Å². The Morgan fingerprint density at radius 2 is 2.45 bits per heavy atom. The molecule has 1 radical (unpaired) electrons. The fourth-order valence-corrected chi connectivity index (χ4v) is 0.734. The summed E-state index contributed by atoms with van der Waals surface area (Å²) in [4.78, 5) is 9.77. The van der Waals surface area contributed by atoms with Gasteiger partial charge in [0, 0.05) is 18.7 Å². The molecule has 57 valence electrons. The molecule has 0 bridgehead atoms. The van der Waals surface area contributed by atoms with Crippen LogP contribution in [0, 0.1) is 16.2 Å². The molecule has 1 rings (SSSR count). The van der Waals surface area contributed by atoms with Crippen LogP contribution in [0.15, 0.2) is 18.2 Å². The van der Waals surface area contributed by atoms with Crippen molar-refractivity contribution >= 4 is 5.69 Å². The van der Waals surface area contributed by atoms with Crippen LogP contribution in [0.1, 0.15) is 5.56 Å². The highest BCUT2D eigenvalue weighted by molar-refractivity contribution is 5.33. The molecule has 1 aromatic rings. The maximum absolute atomic E-state index is 10.2. The van der Waals surface area contributed by atoms with E-state index in [-0.39, 0.29) is 12.2 Å². The van der Waals surface area contributed by atoms with E-state index in [0.29, 0.717) is 5.56 Å². The minimum absolute atomic E-state index is 0.0594.